The van der Waals surface area contributed by atoms with Gasteiger partial charge in [-0.25, -0.2) is 0 Å². The molecule has 2 aromatic rings. The topological polar surface area (TPSA) is 32.7 Å². The lowest BCUT2D eigenvalue weighted by atomic mass is 10.1. The molecule has 1 amide bonds. The van der Waals surface area contributed by atoms with Crippen LogP contribution < -0.4 is 5.01 Å². The minimum absolute atomic E-state index is 0.0984. The molecular formula is C17H13BrN2O. The van der Waals surface area contributed by atoms with E-state index in [9.17, 15) is 4.79 Å². The largest absolute Gasteiger partial charge is 0.280 e. The van der Waals surface area contributed by atoms with Crippen LogP contribution in [0, 0.1) is 0 Å². The van der Waals surface area contributed by atoms with Gasteiger partial charge >= 0.3 is 0 Å². The van der Waals surface area contributed by atoms with Crippen molar-refractivity contribution in [1.82, 2.24) is 0 Å². The summed E-state index contributed by atoms with van der Waals surface area (Å²) in [6.07, 6.45) is 1.87. The Labute approximate surface area is 131 Å². The second-order valence-corrected chi connectivity index (χ2v) is 5.67. The van der Waals surface area contributed by atoms with Crippen LogP contribution in [0.2, 0.25) is 0 Å². The molecule has 0 aromatic heterocycles. The van der Waals surface area contributed by atoms with Gasteiger partial charge in [0.05, 0.1) is 17.0 Å². The first-order valence-corrected chi connectivity index (χ1v) is 7.37. The van der Waals surface area contributed by atoms with Gasteiger partial charge in [-0.3, -0.25) is 4.79 Å². The van der Waals surface area contributed by atoms with Gasteiger partial charge in [-0.05, 0) is 42.8 Å². The molecule has 0 unspecified atom stereocenters. The first-order chi connectivity index (χ1) is 10.1. The van der Waals surface area contributed by atoms with Crippen LogP contribution >= 0.6 is 15.9 Å². The lowest BCUT2D eigenvalue weighted by molar-refractivity contribution is -0.114. The molecular weight excluding hydrogens is 328 g/mol. The zero-order chi connectivity index (χ0) is 14.8. The number of hydrazone groups is 1. The highest BCUT2D eigenvalue weighted by molar-refractivity contribution is 9.10. The molecule has 0 N–H and O–H groups in total. The van der Waals surface area contributed by atoms with Crippen LogP contribution in [0.1, 0.15) is 12.5 Å². The number of hydrogen-bond acceptors (Lipinski definition) is 2. The van der Waals surface area contributed by atoms with Crippen molar-refractivity contribution >= 4 is 39.3 Å². The van der Waals surface area contributed by atoms with Crippen molar-refractivity contribution in [2.24, 2.45) is 5.10 Å². The number of anilines is 1. The smallest absolute Gasteiger partial charge is 0.267 e. The Morgan fingerprint density at radius 3 is 2.57 bits per heavy atom. The number of amides is 1. The minimum Gasteiger partial charge on any atom is -0.267 e. The summed E-state index contributed by atoms with van der Waals surface area (Å²) in [5, 5.41) is 5.80. The summed E-state index contributed by atoms with van der Waals surface area (Å²) in [6, 6.07) is 17.3. The zero-order valence-electron chi connectivity index (χ0n) is 11.5. The van der Waals surface area contributed by atoms with Gasteiger partial charge in [0.2, 0.25) is 0 Å². The van der Waals surface area contributed by atoms with Gasteiger partial charge in [0.1, 0.15) is 0 Å². The number of para-hydroxylation sites is 1. The van der Waals surface area contributed by atoms with Gasteiger partial charge in [-0.2, -0.15) is 10.1 Å². The van der Waals surface area contributed by atoms with E-state index in [2.05, 4.69) is 21.0 Å². The summed E-state index contributed by atoms with van der Waals surface area (Å²) >= 11 is 3.44. The van der Waals surface area contributed by atoms with Crippen LogP contribution in [-0.2, 0) is 4.79 Å². The Balaban J connectivity index is 1.96. The monoisotopic (exact) mass is 340 g/mol. The van der Waals surface area contributed by atoms with Crippen LogP contribution in [0.25, 0.3) is 6.08 Å². The molecule has 4 heteroatoms. The van der Waals surface area contributed by atoms with Crippen LogP contribution in [0.3, 0.4) is 0 Å². The van der Waals surface area contributed by atoms with Gasteiger partial charge in [-0.1, -0.05) is 46.3 Å². The fourth-order valence-corrected chi connectivity index (χ4v) is 2.61. The van der Waals surface area contributed by atoms with Gasteiger partial charge < -0.3 is 0 Å². The number of rotatable bonds is 2. The molecule has 3 rings (SSSR count). The van der Waals surface area contributed by atoms with Crippen molar-refractivity contribution < 1.29 is 4.79 Å². The van der Waals surface area contributed by atoms with Crippen molar-refractivity contribution in [3.8, 4) is 0 Å². The van der Waals surface area contributed by atoms with Crippen LogP contribution in [0.4, 0.5) is 5.69 Å². The Hall–Kier alpha value is -2.20. The summed E-state index contributed by atoms with van der Waals surface area (Å²) in [5.74, 6) is -0.0984. The van der Waals surface area contributed by atoms with E-state index < -0.39 is 0 Å². The number of benzene rings is 2. The molecule has 1 aliphatic heterocycles. The molecule has 0 aliphatic carbocycles. The average Bonchev–Trinajstić information content (AvgIpc) is 2.76. The van der Waals surface area contributed by atoms with E-state index in [-0.39, 0.29) is 5.91 Å². The maximum Gasteiger partial charge on any atom is 0.280 e. The third kappa shape index (κ3) is 2.81. The molecule has 0 atom stereocenters. The van der Waals surface area contributed by atoms with Gasteiger partial charge in [0.15, 0.2) is 0 Å². The predicted molar refractivity (Wildman–Crippen MR) is 89.2 cm³/mol. The molecule has 0 fully saturated rings. The summed E-state index contributed by atoms with van der Waals surface area (Å²) in [7, 11) is 0. The van der Waals surface area contributed by atoms with Crippen molar-refractivity contribution in [1.29, 1.82) is 0 Å². The van der Waals surface area contributed by atoms with Crippen molar-refractivity contribution in [2.45, 2.75) is 6.92 Å². The van der Waals surface area contributed by atoms with E-state index in [4.69, 9.17) is 0 Å². The quantitative estimate of drug-likeness (QED) is 0.752. The summed E-state index contributed by atoms with van der Waals surface area (Å²) in [5.41, 5.74) is 3.09. The molecule has 0 saturated carbocycles. The zero-order valence-corrected chi connectivity index (χ0v) is 13.0. The minimum atomic E-state index is -0.0984. The third-order valence-corrected chi connectivity index (χ3v) is 3.72. The second kappa shape index (κ2) is 5.66. The third-order valence-electron chi connectivity index (χ3n) is 3.22. The molecule has 0 spiro atoms. The summed E-state index contributed by atoms with van der Waals surface area (Å²) in [6.45, 7) is 1.85. The fraction of sp³-hybridized carbons (Fsp3) is 0.0588. The van der Waals surface area contributed by atoms with Crippen molar-refractivity contribution in [3.63, 3.8) is 0 Å². The highest BCUT2D eigenvalue weighted by atomic mass is 79.9. The maximum absolute atomic E-state index is 12.5. The van der Waals surface area contributed by atoms with E-state index in [0.717, 1.165) is 21.4 Å². The van der Waals surface area contributed by atoms with E-state index in [1.165, 1.54) is 5.01 Å². The number of carbonyl (C=O) groups is 1. The first-order valence-electron chi connectivity index (χ1n) is 6.57. The van der Waals surface area contributed by atoms with Crippen LogP contribution in [0.5, 0.6) is 0 Å². The number of halogens is 1. The van der Waals surface area contributed by atoms with Gasteiger partial charge in [0, 0.05) is 4.47 Å². The van der Waals surface area contributed by atoms with E-state index in [0.29, 0.717) is 5.57 Å². The van der Waals surface area contributed by atoms with Gasteiger partial charge in [-0.15, -0.1) is 0 Å². The number of carbonyl (C=O) groups excluding carboxylic acids is 1. The number of hydrogen-bond donors (Lipinski definition) is 0. The SMILES string of the molecule is CC1=NN(c2ccccc2)C(=O)/C1=C/c1cccc(Br)c1. The van der Waals surface area contributed by atoms with Crippen LogP contribution in [0.15, 0.2) is 69.7 Å². The molecule has 2 aromatic carbocycles. The highest BCUT2D eigenvalue weighted by Gasteiger charge is 2.28. The Kier molecular flexibility index (Phi) is 3.71. The van der Waals surface area contributed by atoms with Crippen LogP contribution in [-0.4, -0.2) is 11.6 Å². The molecule has 0 radical (unpaired) electrons. The fourth-order valence-electron chi connectivity index (χ4n) is 2.19. The lowest BCUT2D eigenvalue weighted by Gasteiger charge is -2.11. The van der Waals surface area contributed by atoms with E-state index in [1.54, 1.807) is 0 Å². The van der Waals surface area contributed by atoms with Crippen molar-refractivity contribution in [3.05, 3.63) is 70.2 Å². The Morgan fingerprint density at radius 1 is 1.10 bits per heavy atom. The predicted octanol–water partition coefficient (Wildman–Crippen LogP) is 4.26. The Bertz CT molecular complexity index is 750. The molecule has 1 heterocycles. The van der Waals surface area contributed by atoms with E-state index >= 15 is 0 Å². The molecule has 104 valence electrons. The molecule has 3 nitrogen and oxygen atoms in total. The second-order valence-electron chi connectivity index (χ2n) is 4.75. The molecule has 0 saturated heterocycles. The number of nitrogens with zero attached hydrogens (tertiary/aromatic N) is 2. The normalized spacial score (nSPS) is 16.5. The summed E-state index contributed by atoms with van der Waals surface area (Å²) in [4.78, 5) is 12.5. The standard InChI is InChI=1S/C17H13BrN2O/c1-12-16(11-13-6-5-7-14(18)10-13)17(21)20(19-12)15-8-3-2-4-9-15/h2-11H,1H3/b16-11+. The maximum atomic E-state index is 12.5. The highest BCUT2D eigenvalue weighted by Crippen LogP contribution is 2.25. The van der Waals surface area contributed by atoms with Crippen molar-refractivity contribution in [2.75, 3.05) is 5.01 Å². The lowest BCUT2D eigenvalue weighted by Crippen LogP contribution is -2.21. The van der Waals surface area contributed by atoms with Gasteiger partial charge in [0.25, 0.3) is 5.91 Å². The van der Waals surface area contributed by atoms with E-state index in [1.807, 2.05) is 67.6 Å². The Morgan fingerprint density at radius 2 is 1.86 bits per heavy atom. The molecule has 1 aliphatic rings. The average molecular weight is 341 g/mol. The summed E-state index contributed by atoms with van der Waals surface area (Å²) < 4.78 is 0.983. The molecule has 0 bridgehead atoms. The molecule has 21 heavy (non-hydrogen) atoms. The first kappa shape index (κ1) is 13.8.